The van der Waals surface area contributed by atoms with E-state index in [1.54, 1.807) is 14.2 Å². The van der Waals surface area contributed by atoms with Gasteiger partial charge in [-0.1, -0.05) is 0 Å². The van der Waals surface area contributed by atoms with Crippen LogP contribution < -0.4 is 20.9 Å². The summed E-state index contributed by atoms with van der Waals surface area (Å²) in [5.74, 6) is 1.56. The maximum absolute atomic E-state index is 6.43. The number of pyridine rings is 1. The molecule has 0 aliphatic rings. The van der Waals surface area contributed by atoms with Crippen LogP contribution in [0, 0.1) is 0 Å². The average Bonchev–Trinajstić information content (AvgIpc) is 2.58. The van der Waals surface area contributed by atoms with Gasteiger partial charge in [0, 0.05) is 16.8 Å². The van der Waals surface area contributed by atoms with Gasteiger partial charge >= 0.3 is 0 Å². The summed E-state index contributed by atoms with van der Waals surface area (Å²) in [6.07, 6.45) is 0.697. The Hall–Kier alpha value is -2.37. The number of aromatic nitrogens is 1. The Balaban J connectivity index is 2.38. The summed E-state index contributed by atoms with van der Waals surface area (Å²) in [4.78, 5) is 4.73. The van der Waals surface area contributed by atoms with Gasteiger partial charge in [0.25, 0.3) is 0 Å². The molecular formula is C18H21N3O2. The van der Waals surface area contributed by atoms with Crippen LogP contribution in [0.5, 0.6) is 11.5 Å². The predicted octanol–water partition coefficient (Wildman–Crippen LogP) is 2.75. The molecule has 0 aliphatic heterocycles. The minimum Gasteiger partial charge on any atom is -0.497 e. The zero-order chi connectivity index (χ0) is 16.4. The van der Waals surface area contributed by atoms with Crippen molar-refractivity contribution < 1.29 is 9.47 Å². The highest BCUT2D eigenvalue weighted by atomic mass is 16.5. The molecule has 0 saturated heterocycles. The molecule has 0 spiro atoms. The number of hydrogen-bond donors (Lipinski definition) is 2. The standard InChI is InChI=1S/C18H21N3O2/c1-22-11-3-5-16-13(9-11)18(15(20)7-8-19)14-10-12(23-2)4-6-17(14)21-16/h3-6,9-10,15H,7-8,19-20H2,1-2H3. The Bertz CT molecular complexity index is 786. The van der Waals surface area contributed by atoms with E-state index in [1.165, 1.54) is 0 Å². The van der Waals surface area contributed by atoms with E-state index in [0.29, 0.717) is 13.0 Å². The summed E-state index contributed by atoms with van der Waals surface area (Å²) in [7, 11) is 3.30. The van der Waals surface area contributed by atoms with Crippen molar-refractivity contribution in [3.05, 3.63) is 42.0 Å². The first-order valence-electron chi connectivity index (χ1n) is 7.59. The van der Waals surface area contributed by atoms with Crippen molar-refractivity contribution in [1.82, 2.24) is 4.98 Å². The molecule has 23 heavy (non-hydrogen) atoms. The van der Waals surface area contributed by atoms with Gasteiger partial charge in [0.1, 0.15) is 11.5 Å². The molecule has 5 heteroatoms. The molecule has 0 radical (unpaired) electrons. The van der Waals surface area contributed by atoms with Crippen molar-refractivity contribution in [3.63, 3.8) is 0 Å². The number of hydrogen-bond acceptors (Lipinski definition) is 5. The molecule has 0 amide bonds. The highest BCUT2D eigenvalue weighted by Crippen LogP contribution is 2.34. The predicted molar refractivity (Wildman–Crippen MR) is 93.0 cm³/mol. The van der Waals surface area contributed by atoms with Gasteiger partial charge in [-0.15, -0.1) is 0 Å². The van der Waals surface area contributed by atoms with Crippen LogP contribution in [-0.2, 0) is 0 Å². The molecule has 3 aromatic rings. The van der Waals surface area contributed by atoms with Crippen LogP contribution in [-0.4, -0.2) is 25.7 Å². The monoisotopic (exact) mass is 311 g/mol. The number of rotatable bonds is 5. The molecule has 4 N–H and O–H groups in total. The molecule has 0 fully saturated rings. The summed E-state index contributed by atoms with van der Waals surface area (Å²) >= 11 is 0. The summed E-state index contributed by atoms with van der Waals surface area (Å²) in [5, 5.41) is 1.98. The second kappa shape index (κ2) is 6.40. The Morgan fingerprint density at radius 2 is 1.48 bits per heavy atom. The van der Waals surface area contributed by atoms with E-state index < -0.39 is 0 Å². The normalized spacial score (nSPS) is 12.5. The number of methoxy groups -OCH3 is 2. The van der Waals surface area contributed by atoms with Crippen molar-refractivity contribution in [3.8, 4) is 11.5 Å². The molecule has 120 valence electrons. The van der Waals surface area contributed by atoms with Gasteiger partial charge in [-0.05, 0) is 54.9 Å². The molecule has 3 rings (SSSR count). The summed E-state index contributed by atoms with van der Waals surface area (Å²) < 4.78 is 10.7. The Labute approximate surface area is 135 Å². The van der Waals surface area contributed by atoms with Gasteiger partial charge in [0.2, 0.25) is 0 Å². The van der Waals surface area contributed by atoms with E-state index in [-0.39, 0.29) is 6.04 Å². The second-order valence-electron chi connectivity index (χ2n) is 5.48. The molecule has 1 aromatic heterocycles. The van der Waals surface area contributed by atoms with Gasteiger partial charge in [0.05, 0.1) is 25.3 Å². The van der Waals surface area contributed by atoms with E-state index in [9.17, 15) is 0 Å². The Kier molecular flexibility index (Phi) is 4.32. The molecule has 1 atom stereocenters. The molecule has 0 bridgehead atoms. The fourth-order valence-corrected chi connectivity index (χ4v) is 2.91. The van der Waals surface area contributed by atoms with Gasteiger partial charge in [-0.2, -0.15) is 0 Å². The highest BCUT2D eigenvalue weighted by Gasteiger charge is 2.16. The molecule has 0 saturated carbocycles. The zero-order valence-corrected chi connectivity index (χ0v) is 13.4. The largest absolute Gasteiger partial charge is 0.497 e. The van der Waals surface area contributed by atoms with Crippen LogP contribution in [0.1, 0.15) is 18.0 Å². The lowest BCUT2D eigenvalue weighted by Crippen LogP contribution is -2.16. The van der Waals surface area contributed by atoms with Crippen LogP contribution >= 0.6 is 0 Å². The van der Waals surface area contributed by atoms with E-state index in [4.69, 9.17) is 25.9 Å². The van der Waals surface area contributed by atoms with E-state index in [0.717, 1.165) is 38.9 Å². The summed E-state index contributed by atoms with van der Waals surface area (Å²) in [6, 6.07) is 11.5. The number of fused-ring (bicyclic) bond motifs is 2. The van der Waals surface area contributed by atoms with Crippen molar-refractivity contribution in [2.24, 2.45) is 11.5 Å². The Morgan fingerprint density at radius 1 is 0.957 bits per heavy atom. The molecule has 2 aromatic carbocycles. The molecule has 1 unspecified atom stereocenters. The highest BCUT2D eigenvalue weighted by molar-refractivity contribution is 5.99. The van der Waals surface area contributed by atoms with Crippen LogP contribution in [0.3, 0.4) is 0 Å². The number of ether oxygens (including phenoxy) is 2. The van der Waals surface area contributed by atoms with Crippen molar-refractivity contribution >= 4 is 21.8 Å². The zero-order valence-electron chi connectivity index (χ0n) is 13.4. The van der Waals surface area contributed by atoms with Crippen LogP contribution in [0.25, 0.3) is 21.8 Å². The topological polar surface area (TPSA) is 83.4 Å². The fourth-order valence-electron chi connectivity index (χ4n) is 2.91. The summed E-state index contributed by atoms with van der Waals surface area (Å²) in [6.45, 7) is 0.528. The number of nitrogens with two attached hydrogens (primary N) is 2. The van der Waals surface area contributed by atoms with E-state index >= 15 is 0 Å². The van der Waals surface area contributed by atoms with E-state index in [1.807, 2.05) is 36.4 Å². The van der Waals surface area contributed by atoms with Crippen molar-refractivity contribution in [2.75, 3.05) is 20.8 Å². The smallest absolute Gasteiger partial charge is 0.119 e. The van der Waals surface area contributed by atoms with Crippen molar-refractivity contribution in [1.29, 1.82) is 0 Å². The van der Waals surface area contributed by atoms with Gasteiger partial charge in [-0.25, -0.2) is 4.98 Å². The van der Waals surface area contributed by atoms with Crippen LogP contribution in [0.15, 0.2) is 36.4 Å². The third-order valence-corrected chi connectivity index (χ3v) is 4.08. The lowest BCUT2D eigenvalue weighted by Gasteiger charge is -2.18. The Morgan fingerprint density at radius 3 is 1.91 bits per heavy atom. The van der Waals surface area contributed by atoms with E-state index in [2.05, 4.69) is 0 Å². The number of nitrogens with zero attached hydrogens (tertiary/aromatic N) is 1. The molecule has 1 heterocycles. The fraction of sp³-hybridized carbons (Fsp3) is 0.278. The molecule has 5 nitrogen and oxygen atoms in total. The lowest BCUT2D eigenvalue weighted by molar-refractivity contribution is 0.415. The minimum atomic E-state index is -0.174. The van der Waals surface area contributed by atoms with Gasteiger partial charge in [-0.3, -0.25) is 0 Å². The quantitative estimate of drug-likeness (QED) is 0.708. The third kappa shape index (κ3) is 2.81. The minimum absolute atomic E-state index is 0.174. The average molecular weight is 311 g/mol. The molecule has 0 aliphatic carbocycles. The summed E-state index contributed by atoms with van der Waals surface area (Å²) in [5.41, 5.74) is 15.0. The SMILES string of the molecule is COc1ccc2nc3ccc(OC)cc3c(C(N)CCN)c2c1. The van der Waals surface area contributed by atoms with Crippen LogP contribution in [0.4, 0.5) is 0 Å². The molecular weight excluding hydrogens is 290 g/mol. The first kappa shape index (κ1) is 15.5. The second-order valence-corrected chi connectivity index (χ2v) is 5.48. The first-order valence-corrected chi connectivity index (χ1v) is 7.59. The van der Waals surface area contributed by atoms with Crippen LogP contribution in [0.2, 0.25) is 0 Å². The van der Waals surface area contributed by atoms with Gasteiger partial charge in [0.15, 0.2) is 0 Å². The van der Waals surface area contributed by atoms with Crippen molar-refractivity contribution in [2.45, 2.75) is 12.5 Å². The van der Waals surface area contributed by atoms with Gasteiger partial charge < -0.3 is 20.9 Å². The number of benzene rings is 2. The third-order valence-electron chi connectivity index (χ3n) is 4.08. The first-order chi connectivity index (χ1) is 11.2. The maximum Gasteiger partial charge on any atom is 0.119 e. The maximum atomic E-state index is 6.43. The lowest BCUT2D eigenvalue weighted by atomic mass is 9.95.